The number of rotatable bonds is 2. The predicted octanol–water partition coefficient (Wildman–Crippen LogP) is 3.32. The molecule has 0 aliphatic carbocycles. The summed E-state index contributed by atoms with van der Waals surface area (Å²) in [4.78, 5) is 23.4. The van der Waals surface area contributed by atoms with E-state index in [1.807, 2.05) is 6.92 Å². The first-order valence-electron chi connectivity index (χ1n) is 7.11. The van der Waals surface area contributed by atoms with Crippen LogP contribution in [0.25, 0.3) is 10.2 Å². The zero-order chi connectivity index (χ0) is 15.2. The summed E-state index contributed by atoms with van der Waals surface area (Å²) in [5, 5.41) is 10.2. The Morgan fingerprint density at radius 1 is 1.33 bits per heavy atom. The van der Waals surface area contributed by atoms with Gasteiger partial charge in [0.05, 0.1) is 5.39 Å². The Morgan fingerprint density at radius 2 is 2.00 bits per heavy atom. The molecular weight excluding hydrogens is 286 g/mol. The number of carboxylic acids is 1. The first-order chi connectivity index (χ1) is 9.89. The number of hydrogen-bond acceptors (Lipinski definition) is 5. The van der Waals surface area contributed by atoms with Crippen molar-refractivity contribution >= 4 is 33.3 Å². The van der Waals surface area contributed by atoms with Gasteiger partial charge >= 0.3 is 5.97 Å². The molecule has 0 bridgehead atoms. The van der Waals surface area contributed by atoms with Crippen molar-refractivity contribution in [1.82, 2.24) is 9.97 Å². The summed E-state index contributed by atoms with van der Waals surface area (Å²) in [7, 11) is 0. The number of anilines is 1. The Hall–Kier alpha value is -1.69. The maximum atomic E-state index is 11.3. The fourth-order valence-corrected chi connectivity index (χ4v) is 3.80. The molecular formula is C15H19N3O2S. The minimum absolute atomic E-state index is 0.365. The summed E-state index contributed by atoms with van der Waals surface area (Å²) in [6.45, 7) is 8.34. The van der Waals surface area contributed by atoms with Gasteiger partial charge in [0.2, 0.25) is 0 Å². The third-order valence-corrected chi connectivity index (χ3v) is 5.51. The third kappa shape index (κ3) is 2.48. The predicted molar refractivity (Wildman–Crippen MR) is 84.3 cm³/mol. The molecule has 1 aliphatic heterocycles. The SMILES string of the molecule is Cc1c(C(=O)O)sc2ncnc(N3CCC(C)(C)CC3)c12. The highest BCUT2D eigenvalue weighted by Gasteiger charge is 2.28. The van der Waals surface area contributed by atoms with Crippen LogP contribution in [0, 0.1) is 12.3 Å². The molecule has 3 rings (SSSR count). The van der Waals surface area contributed by atoms with E-state index in [0.717, 1.165) is 47.5 Å². The van der Waals surface area contributed by atoms with Crippen LogP contribution in [0.1, 0.15) is 41.9 Å². The molecule has 0 atom stereocenters. The zero-order valence-corrected chi connectivity index (χ0v) is 13.3. The first kappa shape index (κ1) is 14.3. The van der Waals surface area contributed by atoms with E-state index in [1.54, 1.807) is 6.33 Å². The Labute approximate surface area is 127 Å². The van der Waals surface area contributed by atoms with E-state index in [0.29, 0.717) is 10.3 Å². The number of nitrogens with zero attached hydrogens (tertiary/aromatic N) is 3. The highest BCUT2D eigenvalue weighted by Crippen LogP contribution is 2.38. The van der Waals surface area contributed by atoms with Crippen LogP contribution in [-0.2, 0) is 0 Å². The van der Waals surface area contributed by atoms with Crippen molar-refractivity contribution in [2.45, 2.75) is 33.6 Å². The topological polar surface area (TPSA) is 66.3 Å². The van der Waals surface area contributed by atoms with E-state index in [4.69, 9.17) is 0 Å². The Morgan fingerprint density at radius 3 is 2.62 bits per heavy atom. The molecule has 112 valence electrons. The second-order valence-corrected chi connectivity index (χ2v) is 7.39. The number of thiophene rings is 1. The summed E-state index contributed by atoms with van der Waals surface area (Å²) in [6.07, 6.45) is 3.78. The lowest BCUT2D eigenvalue weighted by atomic mass is 9.82. The molecule has 0 unspecified atom stereocenters. The molecule has 1 fully saturated rings. The highest BCUT2D eigenvalue weighted by molar-refractivity contribution is 7.20. The summed E-state index contributed by atoms with van der Waals surface area (Å²) < 4.78 is 0. The first-order valence-corrected chi connectivity index (χ1v) is 7.93. The number of aromatic nitrogens is 2. The van der Waals surface area contributed by atoms with Gasteiger partial charge in [-0.1, -0.05) is 13.8 Å². The minimum Gasteiger partial charge on any atom is -0.477 e. The number of hydrogen-bond donors (Lipinski definition) is 1. The molecule has 6 heteroatoms. The molecule has 21 heavy (non-hydrogen) atoms. The number of aromatic carboxylic acids is 1. The smallest absolute Gasteiger partial charge is 0.346 e. The van der Waals surface area contributed by atoms with Crippen molar-refractivity contribution in [3.63, 3.8) is 0 Å². The molecule has 5 nitrogen and oxygen atoms in total. The quantitative estimate of drug-likeness (QED) is 0.922. The van der Waals surface area contributed by atoms with Crippen molar-refractivity contribution in [3.8, 4) is 0 Å². The fraction of sp³-hybridized carbons (Fsp3) is 0.533. The molecule has 1 N–H and O–H groups in total. The van der Waals surface area contributed by atoms with Crippen LogP contribution in [0.4, 0.5) is 5.82 Å². The van der Waals surface area contributed by atoms with Crippen LogP contribution in [0.3, 0.4) is 0 Å². The highest BCUT2D eigenvalue weighted by atomic mass is 32.1. The second-order valence-electron chi connectivity index (χ2n) is 6.39. The summed E-state index contributed by atoms with van der Waals surface area (Å²) in [5.74, 6) is -0.00187. The number of carboxylic acid groups (broad SMARTS) is 1. The van der Waals surface area contributed by atoms with E-state index < -0.39 is 5.97 Å². The average Bonchev–Trinajstić information content (AvgIpc) is 2.77. The zero-order valence-electron chi connectivity index (χ0n) is 12.5. The van der Waals surface area contributed by atoms with Gasteiger partial charge in [0.1, 0.15) is 21.9 Å². The van der Waals surface area contributed by atoms with E-state index in [-0.39, 0.29) is 0 Å². The van der Waals surface area contributed by atoms with Crippen molar-refractivity contribution in [1.29, 1.82) is 0 Å². The number of piperidine rings is 1. The molecule has 1 saturated heterocycles. The lowest BCUT2D eigenvalue weighted by molar-refractivity contribution is 0.0701. The van der Waals surface area contributed by atoms with Gasteiger partial charge < -0.3 is 10.0 Å². The summed E-state index contributed by atoms with van der Waals surface area (Å²) in [5.41, 5.74) is 1.15. The molecule has 2 aromatic rings. The molecule has 2 aromatic heterocycles. The van der Waals surface area contributed by atoms with Gasteiger partial charge in [0.25, 0.3) is 0 Å². The van der Waals surface area contributed by atoms with Crippen LogP contribution >= 0.6 is 11.3 Å². The molecule has 0 aromatic carbocycles. The summed E-state index contributed by atoms with van der Waals surface area (Å²) in [6, 6.07) is 0. The van der Waals surface area contributed by atoms with Crippen LogP contribution in [0.5, 0.6) is 0 Å². The van der Waals surface area contributed by atoms with E-state index in [9.17, 15) is 9.90 Å². The van der Waals surface area contributed by atoms with Gasteiger partial charge in [-0.2, -0.15) is 0 Å². The van der Waals surface area contributed by atoms with Crippen LogP contribution in [-0.4, -0.2) is 34.1 Å². The average molecular weight is 305 g/mol. The maximum Gasteiger partial charge on any atom is 0.346 e. The molecule has 1 aliphatic rings. The Kier molecular flexibility index (Phi) is 3.36. The standard InChI is InChI=1S/C15H19N3O2S/c1-9-10-12(18-6-4-15(2,3)5-7-18)16-8-17-13(10)21-11(9)14(19)20/h8H,4-7H2,1-3H3,(H,19,20). The second kappa shape index (κ2) is 4.94. The van der Waals surface area contributed by atoms with Crippen LogP contribution in [0.15, 0.2) is 6.33 Å². The van der Waals surface area contributed by atoms with Crippen molar-refractivity contribution in [2.24, 2.45) is 5.41 Å². The monoisotopic (exact) mass is 305 g/mol. The van der Waals surface area contributed by atoms with Gasteiger partial charge in [0.15, 0.2) is 0 Å². The normalized spacial score (nSPS) is 18.1. The molecule has 0 saturated carbocycles. The van der Waals surface area contributed by atoms with Crippen molar-refractivity contribution in [2.75, 3.05) is 18.0 Å². The van der Waals surface area contributed by atoms with Crippen molar-refractivity contribution < 1.29 is 9.90 Å². The maximum absolute atomic E-state index is 11.3. The van der Waals surface area contributed by atoms with Crippen molar-refractivity contribution in [3.05, 3.63) is 16.8 Å². The Bertz CT molecular complexity index is 698. The largest absolute Gasteiger partial charge is 0.477 e. The van der Waals surface area contributed by atoms with E-state index >= 15 is 0 Å². The van der Waals surface area contributed by atoms with Gasteiger partial charge in [-0.15, -0.1) is 11.3 Å². The van der Waals surface area contributed by atoms with Crippen LogP contribution < -0.4 is 4.90 Å². The van der Waals surface area contributed by atoms with E-state index in [1.165, 1.54) is 11.3 Å². The molecule has 0 spiro atoms. The summed E-state index contributed by atoms with van der Waals surface area (Å²) >= 11 is 1.23. The van der Waals surface area contributed by atoms with E-state index in [2.05, 4.69) is 28.7 Å². The number of fused-ring (bicyclic) bond motifs is 1. The van der Waals surface area contributed by atoms with Crippen LogP contribution in [0.2, 0.25) is 0 Å². The Balaban J connectivity index is 2.05. The van der Waals surface area contributed by atoms with Gasteiger partial charge in [0, 0.05) is 13.1 Å². The third-order valence-electron chi connectivity index (χ3n) is 4.32. The molecule has 0 amide bonds. The van der Waals surface area contributed by atoms with Gasteiger partial charge in [-0.25, -0.2) is 14.8 Å². The number of carbonyl (C=O) groups is 1. The molecule has 3 heterocycles. The lowest BCUT2D eigenvalue weighted by Gasteiger charge is -2.37. The lowest BCUT2D eigenvalue weighted by Crippen LogP contribution is -2.37. The number of aryl methyl sites for hydroxylation is 1. The van der Waals surface area contributed by atoms with Gasteiger partial charge in [-0.05, 0) is 30.7 Å². The van der Waals surface area contributed by atoms with Gasteiger partial charge in [-0.3, -0.25) is 0 Å². The minimum atomic E-state index is -0.888. The fourth-order valence-electron chi connectivity index (χ4n) is 2.82. The molecule has 0 radical (unpaired) electrons.